The molecule has 1 heterocycles. The van der Waals surface area contributed by atoms with E-state index in [9.17, 15) is 24.6 Å². The lowest BCUT2D eigenvalue weighted by Crippen LogP contribution is -2.61. The highest BCUT2D eigenvalue weighted by Gasteiger charge is 2.75. The van der Waals surface area contributed by atoms with Crippen molar-refractivity contribution in [2.24, 2.45) is 46.3 Å². The molecular weight excluding hydrogens is 472 g/mol. The number of esters is 2. The van der Waals surface area contributed by atoms with Crippen molar-refractivity contribution in [1.29, 1.82) is 0 Å². The van der Waals surface area contributed by atoms with Crippen LogP contribution in [-0.4, -0.2) is 51.8 Å². The number of aliphatic hydroxyl groups is 2. The molecule has 1 saturated heterocycles. The van der Waals surface area contributed by atoms with E-state index in [2.05, 4.69) is 13.0 Å². The molecule has 0 aromatic heterocycles. The van der Waals surface area contributed by atoms with Crippen LogP contribution >= 0.6 is 0 Å². The van der Waals surface area contributed by atoms with Crippen LogP contribution < -0.4 is 0 Å². The Morgan fingerprint density at radius 3 is 2.54 bits per heavy atom. The molecule has 0 aromatic rings. The third kappa shape index (κ3) is 3.42. The minimum Gasteiger partial charge on any atom is -0.459 e. The van der Waals surface area contributed by atoms with Crippen LogP contribution in [0.1, 0.15) is 61.3 Å². The largest absolute Gasteiger partial charge is 0.459 e. The summed E-state index contributed by atoms with van der Waals surface area (Å²) in [5, 5.41) is 22.8. The fourth-order valence-corrected chi connectivity index (χ4v) is 8.43. The second-order valence-electron chi connectivity index (χ2n) is 12.9. The second kappa shape index (κ2) is 8.37. The molecule has 37 heavy (non-hydrogen) atoms. The molecule has 0 aromatic carbocycles. The third-order valence-electron chi connectivity index (χ3n) is 10.7. The van der Waals surface area contributed by atoms with Gasteiger partial charge in [0.1, 0.15) is 12.2 Å². The maximum Gasteiger partial charge on any atom is 0.333 e. The van der Waals surface area contributed by atoms with Gasteiger partial charge in [-0.3, -0.25) is 9.59 Å². The number of rotatable bonds is 3. The first-order valence-corrected chi connectivity index (χ1v) is 13.6. The highest BCUT2D eigenvalue weighted by atomic mass is 16.6. The first-order valence-electron chi connectivity index (χ1n) is 13.6. The zero-order valence-electron chi connectivity index (χ0n) is 22.9. The van der Waals surface area contributed by atoms with E-state index in [-0.39, 0.29) is 29.5 Å². The molecule has 3 fully saturated rings. The normalized spacial score (nSPS) is 46.9. The van der Waals surface area contributed by atoms with Crippen LogP contribution in [0.2, 0.25) is 0 Å². The summed E-state index contributed by atoms with van der Waals surface area (Å²) in [5.41, 5.74) is -1.77. The van der Waals surface area contributed by atoms with Crippen molar-refractivity contribution < 1.29 is 34.1 Å². The van der Waals surface area contributed by atoms with Crippen LogP contribution in [0.15, 0.2) is 35.5 Å². The van der Waals surface area contributed by atoms with E-state index in [1.54, 1.807) is 40.7 Å². The quantitative estimate of drug-likeness (QED) is 0.338. The third-order valence-corrected chi connectivity index (χ3v) is 10.7. The van der Waals surface area contributed by atoms with E-state index in [1.807, 2.05) is 13.0 Å². The summed E-state index contributed by atoms with van der Waals surface area (Å²) in [6.45, 7) is 12.7. The Labute approximate surface area is 219 Å². The molecule has 11 atom stereocenters. The maximum atomic E-state index is 14.1. The molecule has 7 heteroatoms. The number of carbonyl (C=O) groups excluding carboxylic acids is 3. The highest BCUT2D eigenvalue weighted by molar-refractivity contribution is 5.99. The predicted molar refractivity (Wildman–Crippen MR) is 136 cm³/mol. The lowest BCUT2D eigenvalue weighted by Gasteiger charge is -2.57. The van der Waals surface area contributed by atoms with Crippen molar-refractivity contribution in [2.45, 2.75) is 85.2 Å². The van der Waals surface area contributed by atoms with Gasteiger partial charge < -0.3 is 19.7 Å². The van der Waals surface area contributed by atoms with E-state index < -0.39 is 58.5 Å². The standard InChI is InChI=1S/C30H40O7/c1-8-14(2)26(33)37-25-22-24(23(32)16(4)18-9-10-21(31)29(18,25)7)36-27(34)30(22)13-17-12-19(28(5,6)35)20(30)11-15(17)3/h8-11,16-20,22-25,32,35H,12-13H2,1-7H3/b14-8-/t16-,17-,18-,19-,20+,22+,23+,24+,25-,29-,30-/m0/s1. The lowest BCUT2D eigenvalue weighted by molar-refractivity contribution is -0.178. The number of hydrogen-bond acceptors (Lipinski definition) is 7. The summed E-state index contributed by atoms with van der Waals surface area (Å²) in [4.78, 5) is 40.9. The van der Waals surface area contributed by atoms with Crippen molar-refractivity contribution in [3.8, 4) is 0 Å². The Balaban J connectivity index is 1.74. The van der Waals surface area contributed by atoms with E-state index in [4.69, 9.17) is 9.47 Å². The summed E-state index contributed by atoms with van der Waals surface area (Å²) in [7, 11) is 0. The van der Waals surface area contributed by atoms with Gasteiger partial charge in [0.05, 0.1) is 28.5 Å². The van der Waals surface area contributed by atoms with Gasteiger partial charge in [0.25, 0.3) is 0 Å². The van der Waals surface area contributed by atoms with Gasteiger partial charge >= 0.3 is 11.9 Å². The summed E-state index contributed by atoms with van der Waals surface area (Å²) >= 11 is 0. The lowest BCUT2D eigenvalue weighted by atomic mass is 9.46. The topological polar surface area (TPSA) is 110 Å². The molecular formula is C30H40O7. The van der Waals surface area contributed by atoms with E-state index in [1.165, 1.54) is 11.6 Å². The molecule has 6 aliphatic rings. The average Bonchev–Trinajstić information content (AvgIpc) is 3.27. The van der Waals surface area contributed by atoms with Crippen molar-refractivity contribution >= 4 is 17.7 Å². The van der Waals surface area contributed by atoms with Gasteiger partial charge in [-0.1, -0.05) is 30.7 Å². The number of ketones is 1. The number of fused-ring (bicyclic) bond motifs is 3. The Hall–Kier alpha value is -2.25. The zero-order chi connectivity index (χ0) is 27.2. The van der Waals surface area contributed by atoms with Gasteiger partial charge in [-0.25, -0.2) is 4.79 Å². The monoisotopic (exact) mass is 512 g/mol. The Morgan fingerprint density at radius 1 is 1.27 bits per heavy atom. The molecule has 1 aliphatic heterocycles. The average molecular weight is 513 g/mol. The first kappa shape index (κ1) is 26.4. The summed E-state index contributed by atoms with van der Waals surface area (Å²) < 4.78 is 12.3. The molecule has 0 amide bonds. The summed E-state index contributed by atoms with van der Waals surface area (Å²) in [6, 6.07) is 0. The SMILES string of the molecule is C/C=C(/C)C(=O)O[C@H]1[C@H]2[C@@H](OC(=O)[C@]23C[C@@H]2C[C@H](C(C)(C)O)[C@H]3C=C2C)[C@H](O)[C@@H](C)[C@@H]2C=CC(=O)[C@]21C. The van der Waals surface area contributed by atoms with Gasteiger partial charge in [-0.15, -0.1) is 0 Å². The fraction of sp³-hybridized carbons (Fsp3) is 0.700. The van der Waals surface area contributed by atoms with Crippen LogP contribution in [0.5, 0.6) is 0 Å². The molecule has 6 rings (SSSR count). The number of carbonyl (C=O) groups is 3. The molecule has 5 aliphatic carbocycles. The van der Waals surface area contributed by atoms with E-state index >= 15 is 0 Å². The number of allylic oxidation sites excluding steroid dienone is 5. The van der Waals surface area contributed by atoms with Crippen LogP contribution in [0, 0.1) is 46.3 Å². The minimum atomic E-state index is -1.16. The Bertz CT molecular complexity index is 1130. The molecule has 0 radical (unpaired) electrons. The van der Waals surface area contributed by atoms with Crippen molar-refractivity contribution in [3.05, 3.63) is 35.5 Å². The molecule has 2 bridgehead atoms. The molecule has 2 saturated carbocycles. The van der Waals surface area contributed by atoms with Crippen LogP contribution in [-0.2, 0) is 23.9 Å². The Morgan fingerprint density at radius 2 is 1.95 bits per heavy atom. The van der Waals surface area contributed by atoms with Gasteiger partial charge in [0.15, 0.2) is 5.78 Å². The first-order chi connectivity index (χ1) is 17.2. The fourth-order valence-electron chi connectivity index (χ4n) is 8.43. The van der Waals surface area contributed by atoms with E-state index in [0.29, 0.717) is 12.0 Å². The summed E-state index contributed by atoms with van der Waals surface area (Å²) in [5.74, 6) is -3.24. The maximum absolute atomic E-state index is 14.1. The number of hydrogen-bond donors (Lipinski definition) is 2. The predicted octanol–water partition coefficient (Wildman–Crippen LogP) is 3.54. The Kier molecular flexibility index (Phi) is 5.97. The minimum absolute atomic E-state index is 0.0418. The van der Waals surface area contributed by atoms with Crippen LogP contribution in [0.4, 0.5) is 0 Å². The van der Waals surface area contributed by atoms with Gasteiger partial charge in [-0.2, -0.15) is 0 Å². The van der Waals surface area contributed by atoms with E-state index in [0.717, 1.165) is 6.42 Å². The van der Waals surface area contributed by atoms with Gasteiger partial charge in [-0.05, 0) is 90.0 Å². The zero-order valence-corrected chi connectivity index (χ0v) is 22.9. The molecule has 1 spiro atoms. The molecule has 7 nitrogen and oxygen atoms in total. The summed E-state index contributed by atoms with van der Waals surface area (Å²) in [6.07, 6.45) is 5.36. The molecule has 2 N–H and O–H groups in total. The molecule has 0 unspecified atom stereocenters. The smallest absolute Gasteiger partial charge is 0.333 e. The number of ether oxygens (including phenoxy) is 2. The van der Waals surface area contributed by atoms with Crippen LogP contribution in [0.3, 0.4) is 0 Å². The number of aliphatic hydroxyl groups excluding tert-OH is 1. The highest BCUT2D eigenvalue weighted by Crippen LogP contribution is 2.67. The van der Waals surface area contributed by atoms with Crippen LogP contribution in [0.25, 0.3) is 0 Å². The van der Waals surface area contributed by atoms with Gasteiger partial charge in [0, 0.05) is 5.57 Å². The van der Waals surface area contributed by atoms with Gasteiger partial charge in [0.2, 0.25) is 0 Å². The van der Waals surface area contributed by atoms with Crippen molar-refractivity contribution in [3.63, 3.8) is 0 Å². The van der Waals surface area contributed by atoms with Crippen molar-refractivity contribution in [1.82, 2.24) is 0 Å². The van der Waals surface area contributed by atoms with Crippen molar-refractivity contribution in [2.75, 3.05) is 0 Å². The molecule has 202 valence electrons. The second-order valence-corrected chi connectivity index (χ2v) is 12.9.